The second kappa shape index (κ2) is 7.51. The molecule has 2 aromatic heterocycles. The number of allylic oxidation sites excluding steroid dienone is 1. The Hall–Kier alpha value is -1.68. The van der Waals surface area contributed by atoms with Gasteiger partial charge in [0.05, 0.1) is 17.2 Å². The van der Waals surface area contributed by atoms with E-state index in [1.54, 1.807) is 5.57 Å². The molecule has 26 heavy (non-hydrogen) atoms. The monoisotopic (exact) mass is 352 g/mol. The summed E-state index contributed by atoms with van der Waals surface area (Å²) < 4.78 is 0. The van der Waals surface area contributed by atoms with Crippen LogP contribution in [0.3, 0.4) is 0 Å². The molecule has 4 nitrogen and oxygen atoms in total. The number of H-pyrrole nitrogens is 1. The second-order valence-corrected chi connectivity index (χ2v) is 8.80. The van der Waals surface area contributed by atoms with Gasteiger partial charge in [-0.05, 0) is 68.4 Å². The first-order valence-corrected chi connectivity index (χ1v) is 10.3. The number of aromatic nitrogens is 3. The molecule has 2 N–H and O–H groups in total. The number of pyridine rings is 1. The maximum atomic E-state index is 4.77. The molecule has 0 aliphatic heterocycles. The van der Waals surface area contributed by atoms with Crippen molar-refractivity contribution >= 4 is 11.0 Å². The number of rotatable bonds is 7. The number of nitrogens with zero attached hydrogens (tertiary/aromatic N) is 2. The van der Waals surface area contributed by atoms with Gasteiger partial charge in [-0.1, -0.05) is 25.5 Å². The predicted octanol–water partition coefficient (Wildman–Crippen LogP) is 4.35. The summed E-state index contributed by atoms with van der Waals surface area (Å²) in [5.41, 5.74) is 3.61. The van der Waals surface area contributed by atoms with Crippen LogP contribution in [0.25, 0.3) is 11.0 Å². The Labute approximate surface area is 156 Å². The van der Waals surface area contributed by atoms with E-state index < -0.39 is 0 Å². The fourth-order valence-electron chi connectivity index (χ4n) is 4.52. The molecular formula is C22H32N4. The number of fused-ring (bicyclic) bond motifs is 1. The first kappa shape index (κ1) is 17.7. The minimum Gasteiger partial charge on any atom is -0.341 e. The van der Waals surface area contributed by atoms with E-state index in [-0.39, 0.29) is 0 Å². The van der Waals surface area contributed by atoms with Gasteiger partial charge in [0.15, 0.2) is 0 Å². The molecule has 1 fully saturated rings. The smallest absolute Gasteiger partial charge is 0.107 e. The van der Waals surface area contributed by atoms with E-state index in [0.29, 0.717) is 11.8 Å². The van der Waals surface area contributed by atoms with Gasteiger partial charge in [-0.3, -0.25) is 4.98 Å². The van der Waals surface area contributed by atoms with Crippen LogP contribution >= 0.6 is 0 Å². The van der Waals surface area contributed by atoms with E-state index in [9.17, 15) is 0 Å². The van der Waals surface area contributed by atoms with Crippen molar-refractivity contribution in [1.29, 1.82) is 0 Å². The Morgan fingerprint density at radius 2 is 2.12 bits per heavy atom. The minimum atomic E-state index is 0.593. The average Bonchev–Trinajstić information content (AvgIpc) is 3.34. The maximum absolute atomic E-state index is 4.77. The molecule has 2 aromatic rings. The third kappa shape index (κ3) is 4.01. The van der Waals surface area contributed by atoms with Crippen LogP contribution in [0.4, 0.5) is 0 Å². The molecule has 4 heteroatoms. The van der Waals surface area contributed by atoms with Crippen molar-refractivity contribution in [2.75, 3.05) is 13.1 Å². The zero-order valence-electron chi connectivity index (χ0n) is 16.3. The van der Waals surface area contributed by atoms with E-state index in [4.69, 9.17) is 4.98 Å². The Morgan fingerprint density at radius 3 is 2.85 bits per heavy atom. The lowest BCUT2D eigenvalue weighted by Gasteiger charge is -2.37. The lowest BCUT2D eigenvalue weighted by Crippen LogP contribution is -2.35. The summed E-state index contributed by atoms with van der Waals surface area (Å²) in [4.78, 5) is 12.4. The number of hydrogen-bond donors (Lipinski definition) is 2. The summed E-state index contributed by atoms with van der Waals surface area (Å²) in [6, 6.07) is 1.98. The highest BCUT2D eigenvalue weighted by molar-refractivity contribution is 5.73. The van der Waals surface area contributed by atoms with Crippen molar-refractivity contribution in [3.63, 3.8) is 0 Å². The summed E-state index contributed by atoms with van der Waals surface area (Å²) >= 11 is 0. The summed E-state index contributed by atoms with van der Waals surface area (Å²) in [5.74, 6) is 4.78. The van der Waals surface area contributed by atoms with Gasteiger partial charge in [0.25, 0.3) is 0 Å². The molecule has 4 rings (SSSR count). The van der Waals surface area contributed by atoms with E-state index in [1.165, 1.54) is 25.8 Å². The summed E-state index contributed by atoms with van der Waals surface area (Å²) in [7, 11) is 0. The van der Waals surface area contributed by atoms with E-state index in [1.807, 2.05) is 18.5 Å². The van der Waals surface area contributed by atoms with Crippen molar-refractivity contribution in [3.8, 4) is 0 Å². The zero-order chi connectivity index (χ0) is 18.1. The third-order valence-corrected chi connectivity index (χ3v) is 6.37. The molecule has 140 valence electrons. The van der Waals surface area contributed by atoms with E-state index in [0.717, 1.165) is 47.6 Å². The van der Waals surface area contributed by atoms with Crippen LogP contribution in [0.5, 0.6) is 0 Å². The molecular weight excluding hydrogens is 320 g/mol. The fraction of sp³-hybridized carbons (Fsp3) is 0.636. The highest BCUT2D eigenvalue weighted by Gasteiger charge is 2.32. The van der Waals surface area contributed by atoms with E-state index >= 15 is 0 Å². The number of aromatic amines is 1. The lowest BCUT2D eigenvalue weighted by atomic mass is 9.70. The van der Waals surface area contributed by atoms with Crippen molar-refractivity contribution in [2.24, 2.45) is 29.6 Å². The minimum absolute atomic E-state index is 0.593. The first-order valence-electron chi connectivity index (χ1n) is 10.3. The Balaban J connectivity index is 1.45. The maximum Gasteiger partial charge on any atom is 0.107 e. The van der Waals surface area contributed by atoms with Gasteiger partial charge in [0, 0.05) is 19.2 Å². The molecule has 1 saturated carbocycles. The Kier molecular flexibility index (Phi) is 5.12. The Morgan fingerprint density at radius 1 is 1.27 bits per heavy atom. The van der Waals surface area contributed by atoms with Crippen LogP contribution in [0.15, 0.2) is 30.1 Å². The van der Waals surface area contributed by atoms with Gasteiger partial charge in [-0.2, -0.15) is 0 Å². The molecule has 0 radical (unpaired) electrons. The number of nitrogens with one attached hydrogen (secondary N) is 2. The molecule has 0 spiro atoms. The second-order valence-electron chi connectivity index (χ2n) is 8.80. The van der Waals surface area contributed by atoms with Crippen molar-refractivity contribution in [1.82, 2.24) is 20.3 Å². The number of hydrogen-bond acceptors (Lipinski definition) is 3. The molecule has 0 amide bonds. The lowest BCUT2D eigenvalue weighted by molar-refractivity contribution is 0.221. The van der Waals surface area contributed by atoms with Crippen LogP contribution in [-0.4, -0.2) is 28.0 Å². The van der Waals surface area contributed by atoms with Gasteiger partial charge < -0.3 is 10.3 Å². The molecule has 0 aromatic carbocycles. The predicted molar refractivity (Wildman–Crippen MR) is 107 cm³/mol. The highest BCUT2D eigenvalue weighted by Crippen LogP contribution is 2.38. The topological polar surface area (TPSA) is 53.6 Å². The van der Waals surface area contributed by atoms with Crippen molar-refractivity contribution in [2.45, 2.75) is 46.5 Å². The van der Waals surface area contributed by atoms with Crippen molar-refractivity contribution in [3.05, 3.63) is 35.9 Å². The molecule has 0 saturated heterocycles. The third-order valence-electron chi connectivity index (χ3n) is 6.37. The van der Waals surface area contributed by atoms with E-state index in [2.05, 4.69) is 42.1 Å². The summed E-state index contributed by atoms with van der Waals surface area (Å²) in [6.07, 6.45) is 11.4. The molecule has 2 aliphatic carbocycles. The SMILES string of the molecule is CC1=CC(CNCC2CC2)C(C(C)C)CC1Cc1nc2ccncc2[nH]1. The standard InChI is InChI=1S/C22H32N4/c1-14(2)19-9-17(10-22-25-20-6-7-23-13-21(20)26-22)15(3)8-18(19)12-24-11-16-4-5-16/h6-8,13-14,16-19,24H,4-5,9-12H2,1-3H3,(H,25,26). The van der Waals surface area contributed by atoms with Crippen LogP contribution in [0.1, 0.15) is 45.9 Å². The largest absolute Gasteiger partial charge is 0.341 e. The quantitative estimate of drug-likeness (QED) is 0.728. The first-order chi connectivity index (χ1) is 12.6. The van der Waals surface area contributed by atoms with Gasteiger partial charge in [-0.25, -0.2) is 4.98 Å². The molecule has 3 atom stereocenters. The van der Waals surface area contributed by atoms with Crippen LogP contribution in [-0.2, 0) is 6.42 Å². The summed E-state index contributed by atoms with van der Waals surface area (Å²) in [6.45, 7) is 9.44. The molecule has 0 bridgehead atoms. The van der Waals surface area contributed by atoms with Gasteiger partial charge in [-0.15, -0.1) is 0 Å². The molecule has 2 heterocycles. The highest BCUT2D eigenvalue weighted by atomic mass is 14.9. The Bertz CT molecular complexity index is 738. The summed E-state index contributed by atoms with van der Waals surface area (Å²) in [5, 5.41) is 3.73. The van der Waals surface area contributed by atoms with Crippen molar-refractivity contribution < 1.29 is 0 Å². The number of imidazole rings is 1. The zero-order valence-corrected chi connectivity index (χ0v) is 16.3. The average molecular weight is 353 g/mol. The van der Waals surface area contributed by atoms with Gasteiger partial charge in [0.1, 0.15) is 5.82 Å². The van der Waals surface area contributed by atoms with Crippen LogP contribution in [0, 0.1) is 29.6 Å². The molecule has 2 aliphatic rings. The van der Waals surface area contributed by atoms with Crippen LogP contribution < -0.4 is 5.32 Å². The van der Waals surface area contributed by atoms with Gasteiger partial charge >= 0.3 is 0 Å². The fourth-order valence-corrected chi connectivity index (χ4v) is 4.52. The van der Waals surface area contributed by atoms with Crippen LogP contribution in [0.2, 0.25) is 0 Å². The molecule has 3 unspecified atom stereocenters. The van der Waals surface area contributed by atoms with Gasteiger partial charge in [0.2, 0.25) is 0 Å². The normalized spacial score (nSPS) is 26.5.